The summed E-state index contributed by atoms with van der Waals surface area (Å²) in [6, 6.07) is 8.85. The molecule has 7 nitrogen and oxygen atoms in total. The van der Waals surface area contributed by atoms with E-state index in [1.807, 2.05) is 6.07 Å². The molecule has 0 fully saturated rings. The van der Waals surface area contributed by atoms with Crippen molar-refractivity contribution in [2.75, 3.05) is 18.5 Å². The first kappa shape index (κ1) is 17.1. The van der Waals surface area contributed by atoms with Crippen molar-refractivity contribution in [3.8, 4) is 17.3 Å². The van der Waals surface area contributed by atoms with Crippen LogP contribution in [0.3, 0.4) is 0 Å². The maximum Gasteiger partial charge on any atom is 0.248 e. The van der Waals surface area contributed by atoms with E-state index in [1.54, 1.807) is 53.6 Å². The van der Waals surface area contributed by atoms with Gasteiger partial charge < -0.3 is 14.8 Å². The molecule has 0 atom stereocenters. The molecule has 0 aliphatic carbocycles. The number of rotatable bonds is 4. The van der Waals surface area contributed by atoms with Gasteiger partial charge in [0.1, 0.15) is 13.2 Å². The number of halogens is 1. The zero-order chi connectivity index (χ0) is 18.6. The van der Waals surface area contributed by atoms with Crippen LogP contribution >= 0.6 is 11.6 Å². The molecule has 3 heterocycles. The van der Waals surface area contributed by atoms with Gasteiger partial charge in [0.05, 0.1) is 16.9 Å². The Kier molecular flexibility index (Phi) is 4.76. The lowest BCUT2D eigenvalue weighted by molar-refractivity contribution is -0.111. The number of carbonyl (C=O) groups is 1. The van der Waals surface area contributed by atoms with Gasteiger partial charge in [-0.25, -0.2) is 9.67 Å². The second-order valence-corrected chi connectivity index (χ2v) is 6.11. The second-order valence-electron chi connectivity index (χ2n) is 5.71. The van der Waals surface area contributed by atoms with Crippen LogP contribution in [0.4, 0.5) is 5.69 Å². The fraction of sp³-hybridized carbons (Fsp3) is 0.105. The van der Waals surface area contributed by atoms with Crippen LogP contribution in [0.2, 0.25) is 5.02 Å². The Morgan fingerprint density at radius 1 is 1.26 bits per heavy atom. The van der Waals surface area contributed by atoms with Crippen LogP contribution in [0.25, 0.3) is 11.9 Å². The molecule has 0 unspecified atom stereocenters. The molecule has 1 aliphatic rings. The van der Waals surface area contributed by atoms with Gasteiger partial charge >= 0.3 is 0 Å². The summed E-state index contributed by atoms with van der Waals surface area (Å²) in [7, 11) is 0. The number of pyridine rings is 1. The first-order valence-corrected chi connectivity index (χ1v) is 8.61. The van der Waals surface area contributed by atoms with Gasteiger partial charge in [0.2, 0.25) is 5.91 Å². The Labute approximate surface area is 160 Å². The molecule has 136 valence electrons. The molecule has 0 radical (unpaired) electrons. The van der Waals surface area contributed by atoms with Crippen LogP contribution in [0.1, 0.15) is 5.56 Å². The van der Waals surface area contributed by atoms with Crippen molar-refractivity contribution in [2.24, 2.45) is 0 Å². The summed E-state index contributed by atoms with van der Waals surface area (Å²) in [4.78, 5) is 16.4. The summed E-state index contributed by atoms with van der Waals surface area (Å²) in [5.41, 5.74) is 1.33. The Hall–Kier alpha value is -3.32. The lowest BCUT2D eigenvalue weighted by atomic mass is 10.1. The normalized spacial score (nSPS) is 12.9. The number of fused-ring (bicyclic) bond motifs is 1. The largest absolute Gasteiger partial charge is 0.486 e. The summed E-state index contributed by atoms with van der Waals surface area (Å²) >= 11 is 6.19. The molecule has 0 bridgehead atoms. The predicted octanol–water partition coefficient (Wildman–Crippen LogP) is 3.34. The van der Waals surface area contributed by atoms with Gasteiger partial charge in [0, 0.05) is 18.5 Å². The summed E-state index contributed by atoms with van der Waals surface area (Å²) < 4.78 is 12.6. The third-order valence-electron chi connectivity index (χ3n) is 3.80. The van der Waals surface area contributed by atoms with Gasteiger partial charge in [-0.15, -0.1) is 0 Å². The quantitative estimate of drug-likeness (QED) is 0.700. The lowest BCUT2D eigenvalue weighted by Gasteiger charge is -2.19. The molecule has 8 heteroatoms. The van der Waals surface area contributed by atoms with Crippen molar-refractivity contribution < 1.29 is 14.3 Å². The fourth-order valence-electron chi connectivity index (χ4n) is 2.58. The molecule has 2 aromatic heterocycles. The number of nitrogens with one attached hydrogen (secondary N) is 1. The average molecular weight is 383 g/mol. The molecule has 0 saturated heterocycles. The van der Waals surface area contributed by atoms with Crippen molar-refractivity contribution in [1.29, 1.82) is 0 Å². The Bertz CT molecular complexity index is 985. The van der Waals surface area contributed by atoms with E-state index >= 15 is 0 Å². The summed E-state index contributed by atoms with van der Waals surface area (Å²) in [5.74, 6) is 1.49. The topological polar surface area (TPSA) is 78.3 Å². The van der Waals surface area contributed by atoms with Crippen molar-refractivity contribution in [2.45, 2.75) is 0 Å². The van der Waals surface area contributed by atoms with E-state index in [-0.39, 0.29) is 5.91 Å². The number of anilines is 1. The fourth-order valence-corrected chi connectivity index (χ4v) is 2.86. The van der Waals surface area contributed by atoms with Crippen molar-refractivity contribution in [1.82, 2.24) is 14.8 Å². The molecular weight excluding hydrogens is 368 g/mol. The zero-order valence-electron chi connectivity index (χ0n) is 14.1. The van der Waals surface area contributed by atoms with Gasteiger partial charge in [-0.2, -0.15) is 5.10 Å². The van der Waals surface area contributed by atoms with E-state index in [2.05, 4.69) is 15.4 Å². The zero-order valence-corrected chi connectivity index (χ0v) is 14.9. The molecule has 0 saturated carbocycles. The molecule has 1 aliphatic heterocycles. The standard InChI is InChI=1S/C19H15ClN4O3/c20-15-10-13(11-16-19(15)27-9-8-26-16)2-5-18(25)23-14-3-4-17(21-12-14)24-7-1-6-22-24/h1-7,10-12H,8-9H2,(H,23,25). The van der Waals surface area contributed by atoms with E-state index in [1.165, 1.54) is 6.08 Å². The van der Waals surface area contributed by atoms with Gasteiger partial charge in [-0.3, -0.25) is 4.79 Å². The minimum Gasteiger partial charge on any atom is -0.486 e. The van der Waals surface area contributed by atoms with E-state index in [4.69, 9.17) is 21.1 Å². The van der Waals surface area contributed by atoms with Crippen LogP contribution in [0, 0.1) is 0 Å². The number of amides is 1. The molecule has 1 aromatic carbocycles. The number of hydrogen-bond donors (Lipinski definition) is 1. The summed E-state index contributed by atoms with van der Waals surface area (Å²) in [6.45, 7) is 0.941. The minimum absolute atomic E-state index is 0.283. The predicted molar refractivity (Wildman–Crippen MR) is 101 cm³/mol. The first-order valence-electron chi connectivity index (χ1n) is 8.23. The molecule has 1 N–H and O–H groups in total. The number of benzene rings is 1. The number of aromatic nitrogens is 3. The number of carbonyl (C=O) groups excluding carboxylic acids is 1. The molecular formula is C19H15ClN4O3. The van der Waals surface area contributed by atoms with Crippen LogP contribution in [0.15, 0.2) is 55.0 Å². The third kappa shape index (κ3) is 3.93. The highest BCUT2D eigenvalue weighted by Gasteiger charge is 2.16. The number of hydrogen-bond acceptors (Lipinski definition) is 5. The third-order valence-corrected chi connectivity index (χ3v) is 4.08. The summed E-state index contributed by atoms with van der Waals surface area (Å²) in [6.07, 6.45) is 8.12. The minimum atomic E-state index is -0.283. The van der Waals surface area contributed by atoms with Gasteiger partial charge in [0.25, 0.3) is 0 Å². The molecule has 27 heavy (non-hydrogen) atoms. The van der Waals surface area contributed by atoms with Crippen molar-refractivity contribution in [3.63, 3.8) is 0 Å². The van der Waals surface area contributed by atoms with E-state index in [9.17, 15) is 4.79 Å². The SMILES string of the molecule is O=C(C=Cc1cc(Cl)c2c(c1)OCCO2)Nc1ccc(-n2cccn2)nc1. The highest BCUT2D eigenvalue weighted by Crippen LogP contribution is 2.38. The first-order chi connectivity index (χ1) is 13.2. The van der Waals surface area contributed by atoms with Crippen LogP contribution in [-0.2, 0) is 4.79 Å². The number of ether oxygens (including phenoxy) is 2. The van der Waals surface area contributed by atoms with E-state index in [0.29, 0.717) is 41.2 Å². The monoisotopic (exact) mass is 382 g/mol. The van der Waals surface area contributed by atoms with E-state index < -0.39 is 0 Å². The Morgan fingerprint density at radius 2 is 2.15 bits per heavy atom. The van der Waals surface area contributed by atoms with Gasteiger partial charge in [-0.1, -0.05) is 11.6 Å². The highest BCUT2D eigenvalue weighted by molar-refractivity contribution is 6.32. The van der Waals surface area contributed by atoms with Crippen molar-refractivity contribution >= 4 is 29.3 Å². The van der Waals surface area contributed by atoms with Crippen LogP contribution in [-0.4, -0.2) is 33.9 Å². The van der Waals surface area contributed by atoms with E-state index in [0.717, 1.165) is 5.56 Å². The number of nitrogens with zero attached hydrogens (tertiary/aromatic N) is 3. The molecule has 1 amide bonds. The van der Waals surface area contributed by atoms with Gasteiger partial charge in [0.15, 0.2) is 17.3 Å². The Morgan fingerprint density at radius 3 is 2.93 bits per heavy atom. The lowest BCUT2D eigenvalue weighted by Crippen LogP contribution is -2.15. The average Bonchev–Trinajstić information content (AvgIpc) is 3.22. The second kappa shape index (κ2) is 7.51. The van der Waals surface area contributed by atoms with Crippen molar-refractivity contribution in [3.05, 3.63) is 65.6 Å². The van der Waals surface area contributed by atoms with Crippen LogP contribution in [0.5, 0.6) is 11.5 Å². The highest BCUT2D eigenvalue weighted by atomic mass is 35.5. The smallest absolute Gasteiger partial charge is 0.248 e. The van der Waals surface area contributed by atoms with Crippen LogP contribution < -0.4 is 14.8 Å². The summed E-state index contributed by atoms with van der Waals surface area (Å²) in [5, 5.41) is 7.31. The molecule has 0 spiro atoms. The maximum absolute atomic E-state index is 12.1. The maximum atomic E-state index is 12.1. The molecule has 4 rings (SSSR count). The Balaban J connectivity index is 1.42. The van der Waals surface area contributed by atoms with Gasteiger partial charge in [-0.05, 0) is 42.0 Å². The molecule has 3 aromatic rings.